The fourth-order valence-electron chi connectivity index (χ4n) is 2.04. The topological polar surface area (TPSA) is 73.6 Å². The maximum absolute atomic E-state index is 12.1. The number of methoxy groups -OCH3 is 2. The van der Waals surface area contributed by atoms with E-state index in [1.807, 2.05) is 19.1 Å². The van der Waals surface area contributed by atoms with Gasteiger partial charge in [0.25, 0.3) is 0 Å². The van der Waals surface area contributed by atoms with Gasteiger partial charge >= 0.3 is 0 Å². The zero-order valence-electron chi connectivity index (χ0n) is 13.4. The van der Waals surface area contributed by atoms with E-state index in [9.17, 15) is 4.79 Å². The Morgan fingerprint density at radius 2 is 1.86 bits per heavy atom. The van der Waals surface area contributed by atoms with Gasteiger partial charge in [-0.25, -0.2) is 0 Å². The zero-order chi connectivity index (χ0) is 16.0. The van der Waals surface area contributed by atoms with Crippen molar-refractivity contribution in [1.82, 2.24) is 5.32 Å². The molecule has 3 N–H and O–H groups in total. The molecule has 1 aromatic carbocycles. The summed E-state index contributed by atoms with van der Waals surface area (Å²) in [6.07, 6.45) is 1.51. The van der Waals surface area contributed by atoms with Crippen molar-refractivity contribution >= 4 is 34.2 Å². The van der Waals surface area contributed by atoms with Crippen molar-refractivity contribution in [3.8, 4) is 11.5 Å². The summed E-state index contributed by atoms with van der Waals surface area (Å²) < 4.78 is 11.3. The molecule has 0 saturated heterocycles. The molecule has 1 aromatic rings. The lowest BCUT2D eigenvalue weighted by Gasteiger charge is -2.23. The standard InChI is InChI=1S/C15H23BrN2O3.ClH/c1-5-6-15(2,17)14(19)18-9-10-7-12(20-3)13(21-4)8-11(10)16;/h7-8H,5-6,9,17H2,1-4H3,(H,18,19);1H. The van der Waals surface area contributed by atoms with Gasteiger partial charge in [0.1, 0.15) is 0 Å². The first-order valence-corrected chi connectivity index (χ1v) is 7.62. The van der Waals surface area contributed by atoms with Crippen molar-refractivity contribution in [1.29, 1.82) is 0 Å². The molecule has 0 radical (unpaired) electrons. The fourth-order valence-corrected chi connectivity index (χ4v) is 2.50. The summed E-state index contributed by atoms with van der Waals surface area (Å²) in [6, 6.07) is 3.64. The van der Waals surface area contributed by atoms with Crippen LogP contribution in [0.15, 0.2) is 16.6 Å². The van der Waals surface area contributed by atoms with Crippen LogP contribution in [0.1, 0.15) is 32.3 Å². The second-order valence-electron chi connectivity index (χ2n) is 5.15. The lowest BCUT2D eigenvalue weighted by molar-refractivity contribution is -0.126. The van der Waals surface area contributed by atoms with E-state index >= 15 is 0 Å². The highest BCUT2D eigenvalue weighted by atomic mass is 79.9. The molecule has 1 amide bonds. The normalized spacial score (nSPS) is 12.8. The second-order valence-corrected chi connectivity index (χ2v) is 6.00. The Morgan fingerprint density at radius 3 is 2.36 bits per heavy atom. The number of carbonyl (C=O) groups is 1. The van der Waals surface area contributed by atoms with Crippen LogP contribution in [0, 0.1) is 0 Å². The van der Waals surface area contributed by atoms with Crippen LogP contribution in [0.4, 0.5) is 0 Å². The number of benzene rings is 1. The SMILES string of the molecule is CCCC(C)(N)C(=O)NCc1cc(OC)c(OC)cc1Br.Cl. The average Bonchev–Trinajstić information content (AvgIpc) is 2.45. The van der Waals surface area contributed by atoms with Crippen molar-refractivity contribution < 1.29 is 14.3 Å². The molecule has 0 fully saturated rings. The highest BCUT2D eigenvalue weighted by Gasteiger charge is 2.26. The maximum atomic E-state index is 12.1. The number of hydrogen-bond donors (Lipinski definition) is 2. The highest BCUT2D eigenvalue weighted by Crippen LogP contribution is 2.33. The Labute approximate surface area is 146 Å². The van der Waals surface area contributed by atoms with E-state index in [-0.39, 0.29) is 18.3 Å². The first-order chi connectivity index (χ1) is 9.85. The summed E-state index contributed by atoms with van der Waals surface area (Å²) in [5.41, 5.74) is 6.05. The van der Waals surface area contributed by atoms with E-state index in [1.54, 1.807) is 21.1 Å². The summed E-state index contributed by atoms with van der Waals surface area (Å²) in [6.45, 7) is 4.12. The van der Waals surface area contributed by atoms with Crippen LogP contribution in [-0.4, -0.2) is 25.7 Å². The Bertz CT molecular complexity index is 510. The van der Waals surface area contributed by atoms with E-state index in [0.29, 0.717) is 24.5 Å². The third-order valence-electron chi connectivity index (χ3n) is 3.28. The molecule has 22 heavy (non-hydrogen) atoms. The van der Waals surface area contributed by atoms with Gasteiger partial charge in [-0.2, -0.15) is 0 Å². The monoisotopic (exact) mass is 394 g/mol. The number of carbonyl (C=O) groups excluding carboxylic acids is 1. The Morgan fingerprint density at radius 1 is 1.32 bits per heavy atom. The molecule has 7 heteroatoms. The van der Waals surface area contributed by atoms with Gasteiger partial charge in [-0.05, 0) is 31.0 Å². The quantitative estimate of drug-likeness (QED) is 0.744. The largest absolute Gasteiger partial charge is 0.493 e. The van der Waals surface area contributed by atoms with E-state index in [1.165, 1.54) is 0 Å². The van der Waals surface area contributed by atoms with Gasteiger partial charge in [0, 0.05) is 11.0 Å². The van der Waals surface area contributed by atoms with Crippen LogP contribution in [0.3, 0.4) is 0 Å². The Balaban J connectivity index is 0.00000441. The maximum Gasteiger partial charge on any atom is 0.240 e. The van der Waals surface area contributed by atoms with Crippen molar-refractivity contribution in [2.45, 2.75) is 38.8 Å². The van der Waals surface area contributed by atoms with Crippen molar-refractivity contribution in [3.05, 3.63) is 22.2 Å². The number of amides is 1. The molecule has 126 valence electrons. The fraction of sp³-hybridized carbons (Fsp3) is 0.533. The number of hydrogen-bond acceptors (Lipinski definition) is 4. The number of rotatable bonds is 7. The van der Waals surface area contributed by atoms with Gasteiger partial charge in [-0.15, -0.1) is 12.4 Å². The van der Waals surface area contributed by atoms with E-state index in [2.05, 4.69) is 21.2 Å². The van der Waals surface area contributed by atoms with Gasteiger partial charge < -0.3 is 20.5 Å². The molecular weight excluding hydrogens is 372 g/mol. The molecule has 1 atom stereocenters. The molecule has 0 spiro atoms. The van der Waals surface area contributed by atoms with Crippen molar-refractivity contribution in [3.63, 3.8) is 0 Å². The molecule has 0 aliphatic heterocycles. The molecule has 1 rings (SSSR count). The first-order valence-electron chi connectivity index (χ1n) is 6.83. The van der Waals surface area contributed by atoms with Crippen LogP contribution >= 0.6 is 28.3 Å². The van der Waals surface area contributed by atoms with E-state index in [4.69, 9.17) is 15.2 Å². The summed E-state index contributed by atoms with van der Waals surface area (Å²) in [5, 5.41) is 2.86. The third-order valence-corrected chi connectivity index (χ3v) is 4.02. The zero-order valence-corrected chi connectivity index (χ0v) is 15.8. The first kappa shape index (κ1) is 21.0. The van der Waals surface area contributed by atoms with E-state index in [0.717, 1.165) is 16.5 Å². The molecule has 1 unspecified atom stereocenters. The summed E-state index contributed by atoms with van der Waals surface area (Å²) in [4.78, 5) is 12.1. The number of halogens is 2. The van der Waals surface area contributed by atoms with Gasteiger partial charge in [0.15, 0.2) is 11.5 Å². The third kappa shape index (κ3) is 5.34. The average molecular weight is 396 g/mol. The lowest BCUT2D eigenvalue weighted by Crippen LogP contribution is -2.51. The van der Waals surface area contributed by atoms with Crippen LogP contribution < -0.4 is 20.5 Å². The lowest BCUT2D eigenvalue weighted by atomic mass is 9.96. The van der Waals surface area contributed by atoms with Crippen LogP contribution in [-0.2, 0) is 11.3 Å². The minimum Gasteiger partial charge on any atom is -0.493 e. The number of ether oxygens (including phenoxy) is 2. The van der Waals surface area contributed by atoms with Crippen LogP contribution in [0.25, 0.3) is 0 Å². The summed E-state index contributed by atoms with van der Waals surface area (Å²) >= 11 is 3.46. The van der Waals surface area contributed by atoms with Gasteiger partial charge in [0.05, 0.1) is 19.8 Å². The van der Waals surface area contributed by atoms with Gasteiger partial charge in [-0.1, -0.05) is 29.3 Å². The Kier molecular flexibility index (Phi) is 8.81. The van der Waals surface area contributed by atoms with Crippen molar-refractivity contribution in [2.24, 2.45) is 5.73 Å². The number of nitrogens with two attached hydrogens (primary N) is 1. The summed E-state index contributed by atoms with van der Waals surface area (Å²) in [5.74, 6) is 1.09. The molecule has 0 aromatic heterocycles. The second kappa shape index (κ2) is 9.22. The summed E-state index contributed by atoms with van der Waals surface area (Å²) in [7, 11) is 3.16. The molecule has 0 heterocycles. The minimum absolute atomic E-state index is 0. The highest BCUT2D eigenvalue weighted by molar-refractivity contribution is 9.10. The number of nitrogens with one attached hydrogen (secondary N) is 1. The molecular formula is C15H24BrClN2O3. The smallest absolute Gasteiger partial charge is 0.240 e. The molecule has 0 aliphatic rings. The van der Waals surface area contributed by atoms with Crippen LogP contribution in [0.2, 0.25) is 0 Å². The minimum atomic E-state index is -0.849. The van der Waals surface area contributed by atoms with Crippen LogP contribution in [0.5, 0.6) is 11.5 Å². The molecule has 0 aliphatic carbocycles. The van der Waals surface area contributed by atoms with Gasteiger partial charge in [-0.3, -0.25) is 4.79 Å². The molecule has 0 bridgehead atoms. The predicted octanol–water partition coefficient (Wildman–Crippen LogP) is 3.02. The molecule has 5 nitrogen and oxygen atoms in total. The predicted molar refractivity (Wildman–Crippen MR) is 93.8 cm³/mol. The Hall–Kier alpha value is -0.980. The van der Waals surface area contributed by atoms with Crippen molar-refractivity contribution in [2.75, 3.05) is 14.2 Å². The van der Waals surface area contributed by atoms with E-state index < -0.39 is 5.54 Å². The van der Waals surface area contributed by atoms with Gasteiger partial charge in [0.2, 0.25) is 5.91 Å². The molecule has 0 saturated carbocycles.